The van der Waals surface area contributed by atoms with Crippen LogP contribution in [0.5, 0.6) is 0 Å². The fraction of sp³-hybridized carbons (Fsp3) is 0.350. The summed E-state index contributed by atoms with van der Waals surface area (Å²) in [7, 11) is 1.87. The van der Waals surface area contributed by atoms with Crippen molar-refractivity contribution < 1.29 is 13.6 Å². The molecule has 1 N–H and O–H groups in total. The number of fused-ring (bicyclic) bond motifs is 1. The quantitative estimate of drug-likeness (QED) is 0.733. The van der Waals surface area contributed by atoms with E-state index < -0.39 is 6.43 Å². The smallest absolute Gasteiger partial charge is 0.251 e. The van der Waals surface area contributed by atoms with E-state index in [0.29, 0.717) is 25.3 Å². The van der Waals surface area contributed by atoms with Crippen LogP contribution < -0.4 is 5.32 Å². The highest BCUT2D eigenvalue weighted by Gasteiger charge is 2.29. The van der Waals surface area contributed by atoms with Crippen molar-refractivity contribution in [3.63, 3.8) is 0 Å². The summed E-state index contributed by atoms with van der Waals surface area (Å²) in [6.45, 7) is 0.589. The molecular formula is C20H21F2N5O. The summed E-state index contributed by atoms with van der Waals surface area (Å²) in [5.74, 6) is -0.00171. The first-order valence-corrected chi connectivity index (χ1v) is 9.18. The first kappa shape index (κ1) is 18.5. The van der Waals surface area contributed by atoms with Crippen molar-refractivity contribution in [3.05, 3.63) is 42.9 Å². The number of nitrogens with zero attached hydrogens (tertiary/aromatic N) is 4. The third-order valence-corrected chi connectivity index (χ3v) is 5.05. The van der Waals surface area contributed by atoms with E-state index in [2.05, 4.69) is 15.4 Å². The van der Waals surface area contributed by atoms with Crippen LogP contribution in [0.2, 0.25) is 0 Å². The number of pyridine rings is 1. The van der Waals surface area contributed by atoms with Crippen LogP contribution >= 0.6 is 0 Å². The number of hydrogen-bond acceptors (Lipinski definition) is 4. The summed E-state index contributed by atoms with van der Waals surface area (Å²) in [5.41, 5.74) is 2.04. The number of nitrogens with one attached hydrogen (secondary N) is 1. The molecule has 3 aromatic rings. The summed E-state index contributed by atoms with van der Waals surface area (Å²) in [6, 6.07) is 7.85. The number of likely N-dealkylation sites (tertiary alicyclic amines) is 1. The van der Waals surface area contributed by atoms with Gasteiger partial charge in [-0.1, -0.05) is 12.1 Å². The Labute approximate surface area is 161 Å². The van der Waals surface area contributed by atoms with Gasteiger partial charge in [-0.05, 0) is 36.0 Å². The Kier molecular flexibility index (Phi) is 5.04. The van der Waals surface area contributed by atoms with Crippen molar-refractivity contribution >= 4 is 22.5 Å². The number of anilines is 1. The largest absolute Gasteiger partial charge is 0.310 e. The molecule has 146 valence electrons. The Morgan fingerprint density at radius 2 is 2.11 bits per heavy atom. The molecule has 0 aliphatic carbocycles. The average Bonchev–Trinajstić information content (AvgIpc) is 3.30. The molecule has 2 aromatic heterocycles. The van der Waals surface area contributed by atoms with Gasteiger partial charge >= 0.3 is 0 Å². The molecule has 4 rings (SSSR count). The van der Waals surface area contributed by atoms with Crippen LogP contribution in [0, 0.1) is 5.92 Å². The van der Waals surface area contributed by atoms with Crippen molar-refractivity contribution in [1.82, 2.24) is 19.7 Å². The van der Waals surface area contributed by atoms with Gasteiger partial charge in [-0.15, -0.1) is 0 Å². The third kappa shape index (κ3) is 4.01. The normalized spacial score (nSPS) is 17.5. The van der Waals surface area contributed by atoms with E-state index in [1.165, 1.54) is 0 Å². The lowest BCUT2D eigenvalue weighted by Gasteiger charge is -2.15. The highest BCUT2D eigenvalue weighted by molar-refractivity contribution is 5.95. The first-order valence-electron chi connectivity index (χ1n) is 9.18. The number of alkyl halides is 2. The number of carbonyl (C=O) groups is 1. The summed E-state index contributed by atoms with van der Waals surface area (Å²) >= 11 is 0. The minimum Gasteiger partial charge on any atom is -0.310 e. The van der Waals surface area contributed by atoms with Gasteiger partial charge in [0.05, 0.1) is 18.7 Å². The number of aromatic nitrogens is 3. The van der Waals surface area contributed by atoms with Crippen LogP contribution in [0.1, 0.15) is 6.42 Å². The van der Waals surface area contributed by atoms with Gasteiger partial charge in [0.15, 0.2) is 0 Å². The summed E-state index contributed by atoms with van der Waals surface area (Å²) in [6.07, 6.45) is 3.66. The van der Waals surface area contributed by atoms with E-state index in [1.54, 1.807) is 22.0 Å². The fourth-order valence-corrected chi connectivity index (χ4v) is 3.60. The van der Waals surface area contributed by atoms with E-state index in [-0.39, 0.29) is 18.4 Å². The lowest BCUT2D eigenvalue weighted by molar-refractivity contribution is -0.119. The molecular weight excluding hydrogens is 364 g/mol. The van der Waals surface area contributed by atoms with Gasteiger partial charge in [0.2, 0.25) is 5.91 Å². The van der Waals surface area contributed by atoms with Crippen LogP contribution in [0.15, 0.2) is 42.9 Å². The third-order valence-electron chi connectivity index (χ3n) is 5.05. The zero-order chi connectivity index (χ0) is 19.7. The lowest BCUT2D eigenvalue weighted by atomic mass is 10.0. The zero-order valence-electron chi connectivity index (χ0n) is 15.5. The molecule has 1 saturated heterocycles. The van der Waals surface area contributed by atoms with Gasteiger partial charge < -0.3 is 5.32 Å². The van der Waals surface area contributed by atoms with Crippen molar-refractivity contribution in [1.29, 1.82) is 0 Å². The van der Waals surface area contributed by atoms with Gasteiger partial charge in [-0.3, -0.25) is 14.4 Å². The number of carbonyl (C=O) groups excluding carboxylic acids is 1. The SMILES string of the molecule is Cn1cc(-c2ccc3cnc(NC(=O)C4CCN(CC(F)F)C4)cc3c2)cn1. The fourth-order valence-electron chi connectivity index (χ4n) is 3.60. The molecule has 3 heterocycles. The molecule has 0 spiro atoms. The van der Waals surface area contributed by atoms with Gasteiger partial charge in [-0.25, -0.2) is 13.8 Å². The number of hydrogen-bond donors (Lipinski definition) is 1. The van der Waals surface area contributed by atoms with Crippen molar-refractivity contribution in [3.8, 4) is 11.1 Å². The van der Waals surface area contributed by atoms with Crippen molar-refractivity contribution in [2.24, 2.45) is 13.0 Å². The Bertz CT molecular complexity index is 1000. The van der Waals surface area contributed by atoms with Crippen LogP contribution in [0.4, 0.5) is 14.6 Å². The van der Waals surface area contributed by atoms with E-state index in [9.17, 15) is 13.6 Å². The Hall–Kier alpha value is -2.87. The molecule has 0 bridgehead atoms. The number of aryl methyl sites for hydroxylation is 1. The predicted octanol–water partition coefficient (Wildman–Crippen LogP) is 3.16. The summed E-state index contributed by atoms with van der Waals surface area (Å²) in [5, 5.41) is 8.95. The van der Waals surface area contributed by atoms with E-state index >= 15 is 0 Å². The van der Waals surface area contributed by atoms with Crippen LogP contribution in [-0.2, 0) is 11.8 Å². The van der Waals surface area contributed by atoms with Crippen LogP contribution in [-0.4, -0.2) is 51.6 Å². The van der Waals surface area contributed by atoms with Crippen molar-refractivity contribution in [2.75, 3.05) is 25.0 Å². The van der Waals surface area contributed by atoms with Crippen LogP contribution in [0.25, 0.3) is 21.9 Å². The number of amides is 1. The van der Waals surface area contributed by atoms with E-state index in [4.69, 9.17) is 0 Å². The van der Waals surface area contributed by atoms with Gasteiger partial charge in [0.1, 0.15) is 5.82 Å². The molecule has 1 unspecified atom stereocenters. The Morgan fingerprint density at radius 3 is 2.86 bits per heavy atom. The molecule has 28 heavy (non-hydrogen) atoms. The first-order chi connectivity index (χ1) is 13.5. The maximum atomic E-state index is 12.5. The molecule has 1 amide bonds. The maximum absolute atomic E-state index is 12.5. The van der Waals surface area contributed by atoms with Crippen molar-refractivity contribution in [2.45, 2.75) is 12.8 Å². The summed E-state index contributed by atoms with van der Waals surface area (Å²) in [4.78, 5) is 18.4. The molecule has 1 aliphatic heterocycles. The number of rotatable bonds is 5. The highest BCUT2D eigenvalue weighted by atomic mass is 19.3. The molecule has 1 aromatic carbocycles. The minimum absolute atomic E-state index is 0.174. The van der Waals surface area contributed by atoms with Gasteiger partial charge in [-0.2, -0.15) is 5.10 Å². The zero-order valence-corrected chi connectivity index (χ0v) is 15.5. The molecule has 1 aliphatic rings. The lowest BCUT2D eigenvalue weighted by Crippen LogP contribution is -2.30. The average molecular weight is 385 g/mol. The minimum atomic E-state index is -2.38. The highest BCUT2D eigenvalue weighted by Crippen LogP contribution is 2.26. The second-order valence-corrected chi connectivity index (χ2v) is 7.16. The molecule has 8 heteroatoms. The van der Waals surface area contributed by atoms with E-state index in [1.807, 2.05) is 37.5 Å². The molecule has 6 nitrogen and oxygen atoms in total. The molecule has 0 saturated carbocycles. The predicted molar refractivity (Wildman–Crippen MR) is 103 cm³/mol. The topological polar surface area (TPSA) is 63.1 Å². The molecule has 1 atom stereocenters. The Morgan fingerprint density at radius 1 is 1.25 bits per heavy atom. The van der Waals surface area contributed by atoms with Crippen LogP contribution in [0.3, 0.4) is 0 Å². The van der Waals surface area contributed by atoms with Gasteiger partial charge in [0.25, 0.3) is 6.43 Å². The van der Waals surface area contributed by atoms with E-state index in [0.717, 1.165) is 21.9 Å². The number of benzene rings is 1. The maximum Gasteiger partial charge on any atom is 0.251 e. The van der Waals surface area contributed by atoms with Gasteiger partial charge in [0, 0.05) is 36.9 Å². The monoisotopic (exact) mass is 385 g/mol. The Balaban J connectivity index is 1.49. The summed E-state index contributed by atoms with van der Waals surface area (Å²) < 4.78 is 26.8. The standard InChI is InChI=1S/C20H21F2N5O/c1-26-10-17(9-24-26)13-2-3-14-8-23-19(7-16(14)6-13)25-20(28)15-4-5-27(11-15)12-18(21)22/h2-3,6-10,15,18H,4-5,11-12H2,1H3,(H,23,25,28). The molecule has 1 fully saturated rings. The number of halogens is 2. The second-order valence-electron chi connectivity index (χ2n) is 7.16. The molecule has 0 radical (unpaired) electrons. The second kappa shape index (κ2) is 7.63.